The van der Waals surface area contributed by atoms with E-state index in [-0.39, 0.29) is 18.7 Å². The van der Waals surface area contributed by atoms with Gasteiger partial charge in [0.15, 0.2) is 5.78 Å². The van der Waals surface area contributed by atoms with Crippen LogP contribution in [0.25, 0.3) is 22.0 Å². The highest BCUT2D eigenvalue weighted by Crippen LogP contribution is 2.40. The molecule has 2 amide bonds. The molecule has 3 heterocycles. The van der Waals surface area contributed by atoms with Gasteiger partial charge in [-0.25, -0.2) is 4.39 Å². The fourth-order valence-electron chi connectivity index (χ4n) is 5.03. The van der Waals surface area contributed by atoms with Crippen LogP contribution in [-0.4, -0.2) is 56.0 Å². The normalized spacial score (nSPS) is 17.2. The van der Waals surface area contributed by atoms with Gasteiger partial charge < -0.3 is 14.8 Å². The van der Waals surface area contributed by atoms with Crippen LogP contribution in [0.15, 0.2) is 61.1 Å². The van der Waals surface area contributed by atoms with Crippen molar-refractivity contribution in [1.82, 2.24) is 19.7 Å². The van der Waals surface area contributed by atoms with Crippen molar-refractivity contribution in [2.24, 2.45) is 0 Å². The van der Waals surface area contributed by atoms with Gasteiger partial charge in [-0.15, -0.1) is 0 Å². The maximum Gasteiger partial charge on any atom is 0.419 e. The minimum atomic E-state index is -4.85. The average molecular weight is 588 g/mol. The largest absolute Gasteiger partial charge is 0.419 e. The summed E-state index contributed by atoms with van der Waals surface area (Å²) in [5, 5.41) is 9.77. The predicted molar refractivity (Wildman–Crippen MR) is 143 cm³/mol. The average Bonchev–Trinajstić information content (AvgIpc) is 3.49. The molecular formula is C28H22ClF4N5O3. The third-order valence-electron chi connectivity index (χ3n) is 6.91. The van der Waals surface area contributed by atoms with Crippen LogP contribution in [0.1, 0.15) is 29.3 Å². The van der Waals surface area contributed by atoms with Gasteiger partial charge in [0.05, 0.1) is 35.2 Å². The molecule has 212 valence electrons. The number of amides is 2. The Morgan fingerprint density at radius 2 is 1.88 bits per heavy atom. The number of rotatable bonds is 6. The topological polar surface area (TPSA) is 97.2 Å². The second-order valence-corrected chi connectivity index (χ2v) is 10.0. The van der Waals surface area contributed by atoms with Crippen LogP contribution in [0.2, 0.25) is 5.02 Å². The van der Waals surface area contributed by atoms with E-state index < -0.39 is 53.0 Å². The Balaban J connectivity index is 1.41. The zero-order valence-electron chi connectivity index (χ0n) is 21.5. The second kappa shape index (κ2) is 10.9. The van der Waals surface area contributed by atoms with Crippen molar-refractivity contribution in [1.29, 1.82) is 0 Å². The summed E-state index contributed by atoms with van der Waals surface area (Å²) >= 11 is 5.74. The van der Waals surface area contributed by atoms with Crippen molar-refractivity contribution in [3.8, 4) is 11.1 Å². The summed E-state index contributed by atoms with van der Waals surface area (Å²) in [5.74, 6) is -1.85. The maximum atomic E-state index is 14.5. The summed E-state index contributed by atoms with van der Waals surface area (Å²) in [5.41, 5.74) is 0.632. The number of carbonyl (C=O) groups is 3. The standard InChI is InChI=1S/C28H22ClF4N5O3/c1-15(39)20-13-37(23-6-5-16(9-19(20)23)17-7-8-34-35-11-17)14-25(40)38-12-18(30)10-24(38)27(41)36-22-4-2-3-21(29)26(22)28(31,32)33/h2-9,11,13,18,24H,10,12,14H2,1H3,(H,36,41)/t18?,24-/m0/s1. The first-order valence-corrected chi connectivity index (χ1v) is 12.8. The lowest BCUT2D eigenvalue weighted by Crippen LogP contribution is -2.44. The molecule has 1 fully saturated rings. The van der Waals surface area contributed by atoms with E-state index in [4.69, 9.17) is 11.6 Å². The van der Waals surface area contributed by atoms with Crippen molar-refractivity contribution >= 4 is 45.8 Å². The van der Waals surface area contributed by atoms with Gasteiger partial charge in [-0.3, -0.25) is 14.4 Å². The van der Waals surface area contributed by atoms with Crippen LogP contribution in [0.3, 0.4) is 0 Å². The quantitative estimate of drug-likeness (QED) is 0.236. The highest BCUT2D eigenvalue weighted by molar-refractivity contribution is 6.32. The lowest BCUT2D eigenvalue weighted by molar-refractivity contribution is -0.138. The molecule has 0 radical (unpaired) electrons. The molecule has 41 heavy (non-hydrogen) atoms. The number of benzene rings is 2. The Labute approximate surface area is 235 Å². The molecule has 1 N–H and O–H groups in total. The minimum Gasteiger partial charge on any atom is -0.337 e. The van der Waals surface area contributed by atoms with Crippen molar-refractivity contribution in [2.45, 2.75) is 38.3 Å². The highest BCUT2D eigenvalue weighted by atomic mass is 35.5. The third-order valence-corrected chi connectivity index (χ3v) is 7.23. The summed E-state index contributed by atoms with van der Waals surface area (Å²) < 4.78 is 56.7. The molecule has 0 aliphatic carbocycles. The summed E-state index contributed by atoms with van der Waals surface area (Å²) in [6, 6.07) is 9.03. The number of carbonyl (C=O) groups excluding carboxylic acids is 3. The number of nitrogens with zero attached hydrogens (tertiary/aromatic N) is 4. The first-order chi connectivity index (χ1) is 19.4. The summed E-state index contributed by atoms with van der Waals surface area (Å²) in [6.07, 6.45) is -2.17. The van der Waals surface area contributed by atoms with E-state index in [2.05, 4.69) is 15.5 Å². The van der Waals surface area contributed by atoms with Gasteiger partial charge in [0, 0.05) is 34.6 Å². The van der Waals surface area contributed by atoms with Crippen LogP contribution in [0, 0.1) is 0 Å². The van der Waals surface area contributed by atoms with Gasteiger partial charge in [-0.2, -0.15) is 23.4 Å². The van der Waals surface area contributed by atoms with E-state index in [1.54, 1.807) is 30.5 Å². The van der Waals surface area contributed by atoms with Crippen LogP contribution in [-0.2, 0) is 22.3 Å². The number of alkyl halides is 4. The van der Waals surface area contributed by atoms with Gasteiger partial charge >= 0.3 is 6.18 Å². The lowest BCUT2D eigenvalue weighted by atomic mass is 10.0. The van der Waals surface area contributed by atoms with E-state index >= 15 is 0 Å². The Kier molecular flexibility index (Phi) is 7.52. The van der Waals surface area contributed by atoms with Crippen LogP contribution >= 0.6 is 11.6 Å². The highest BCUT2D eigenvalue weighted by Gasteiger charge is 2.42. The number of anilines is 1. The summed E-state index contributed by atoms with van der Waals surface area (Å²) in [7, 11) is 0. The smallest absolute Gasteiger partial charge is 0.337 e. The van der Waals surface area contributed by atoms with Gasteiger partial charge in [0.1, 0.15) is 18.8 Å². The van der Waals surface area contributed by atoms with Crippen LogP contribution < -0.4 is 5.32 Å². The van der Waals surface area contributed by atoms with E-state index in [9.17, 15) is 31.9 Å². The molecule has 5 rings (SSSR count). The van der Waals surface area contributed by atoms with E-state index in [1.165, 1.54) is 30.0 Å². The van der Waals surface area contributed by atoms with Crippen LogP contribution in [0.5, 0.6) is 0 Å². The van der Waals surface area contributed by atoms with E-state index in [1.807, 2.05) is 0 Å². The van der Waals surface area contributed by atoms with Gasteiger partial charge in [0.2, 0.25) is 11.8 Å². The second-order valence-electron chi connectivity index (χ2n) is 9.63. The molecular weight excluding hydrogens is 566 g/mol. The fraction of sp³-hybridized carbons (Fsp3) is 0.250. The number of hydrogen-bond acceptors (Lipinski definition) is 5. The Bertz CT molecular complexity index is 1660. The Hall–Kier alpha value is -4.32. The van der Waals surface area contributed by atoms with Gasteiger partial charge in [0.25, 0.3) is 0 Å². The molecule has 0 saturated carbocycles. The summed E-state index contributed by atoms with van der Waals surface area (Å²) in [6.45, 7) is 0.652. The molecule has 2 aromatic carbocycles. The minimum absolute atomic E-state index is 0.240. The van der Waals surface area contributed by atoms with Crippen molar-refractivity contribution in [3.05, 3.63) is 77.2 Å². The Morgan fingerprint density at radius 3 is 2.56 bits per heavy atom. The molecule has 8 nitrogen and oxygen atoms in total. The molecule has 0 bridgehead atoms. The third kappa shape index (κ3) is 5.64. The number of nitrogens with one attached hydrogen (secondary N) is 1. The zero-order valence-corrected chi connectivity index (χ0v) is 22.2. The molecule has 0 spiro atoms. The molecule has 1 aliphatic heterocycles. The molecule has 2 atom stereocenters. The Morgan fingerprint density at radius 1 is 1.10 bits per heavy atom. The van der Waals surface area contributed by atoms with Crippen molar-refractivity contribution in [2.75, 3.05) is 11.9 Å². The zero-order chi connectivity index (χ0) is 29.5. The number of Topliss-reactive ketones (excluding diaryl/α,β-unsaturated/α-hetero) is 1. The number of ketones is 1. The SMILES string of the molecule is CC(=O)c1cn(CC(=O)N2CC(F)C[C@H]2C(=O)Nc2cccc(Cl)c2C(F)(F)F)c2ccc(-c3ccnnc3)cc12. The number of aromatic nitrogens is 3. The van der Waals surface area contributed by atoms with Gasteiger partial charge in [-0.1, -0.05) is 23.7 Å². The lowest BCUT2D eigenvalue weighted by Gasteiger charge is -2.25. The molecule has 13 heteroatoms. The molecule has 1 aliphatic rings. The monoisotopic (exact) mass is 587 g/mol. The van der Waals surface area contributed by atoms with Crippen LogP contribution in [0.4, 0.5) is 23.2 Å². The first kappa shape index (κ1) is 28.2. The van der Waals surface area contributed by atoms with Crippen molar-refractivity contribution in [3.63, 3.8) is 0 Å². The predicted octanol–water partition coefficient (Wildman–Crippen LogP) is 5.55. The molecule has 4 aromatic rings. The maximum absolute atomic E-state index is 14.5. The molecule has 1 unspecified atom stereocenters. The van der Waals surface area contributed by atoms with E-state index in [0.717, 1.165) is 28.2 Å². The van der Waals surface area contributed by atoms with Gasteiger partial charge in [-0.05, 0) is 42.8 Å². The molecule has 2 aromatic heterocycles. The first-order valence-electron chi connectivity index (χ1n) is 12.4. The van der Waals surface area contributed by atoms with Crippen molar-refractivity contribution < 1.29 is 31.9 Å². The molecule has 1 saturated heterocycles. The van der Waals surface area contributed by atoms with E-state index in [0.29, 0.717) is 16.5 Å². The number of fused-ring (bicyclic) bond motifs is 1. The fourth-order valence-corrected chi connectivity index (χ4v) is 5.31. The number of hydrogen-bond donors (Lipinski definition) is 1. The number of halogens is 5. The summed E-state index contributed by atoms with van der Waals surface area (Å²) in [4.78, 5) is 39.9. The number of likely N-dealkylation sites (tertiary alicyclic amines) is 1.